The summed E-state index contributed by atoms with van der Waals surface area (Å²) in [6, 6.07) is 9.64. The summed E-state index contributed by atoms with van der Waals surface area (Å²) < 4.78 is 7.65. The number of rotatable bonds is 4. The van der Waals surface area contributed by atoms with Crippen molar-refractivity contribution in [1.29, 1.82) is 0 Å². The predicted octanol–water partition coefficient (Wildman–Crippen LogP) is 4.19. The fraction of sp³-hybridized carbons (Fsp3) is 0.211. The summed E-state index contributed by atoms with van der Waals surface area (Å²) in [7, 11) is 0. The maximum Gasteiger partial charge on any atom is 0.219 e. The van der Waals surface area contributed by atoms with Crippen LogP contribution in [0.5, 0.6) is 11.6 Å². The average molecular weight is 336 g/mol. The fourth-order valence-corrected chi connectivity index (χ4v) is 2.57. The van der Waals surface area contributed by atoms with E-state index in [1.165, 1.54) is 0 Å². The number of benzene rings is 1. The van der Waals surface area contributed by atoms with Gasteiger partial charge < -0.3 is 9.94 Å². The van der Waals surface area contributed by atoms with E-state index in [0.717, 1.165) is 16.9 Å². The number of hydrogen-bond acceptors (Lipinski definition) is 5. The van der Waals surface area contributed by atoms with Crippen molar-refractivity contribution in [1.82, 2.24) is 14.5 Å². The Morgan fingerprint density at radius 1 is 1.20 bits per heavy atom. The number of aryl methyl sites for hydroxylation is 1. The zero-order valence-corrected chi connectivity index (χ0v) is 14.4. The highest BCUT2D eigenvalue weighted by Crippen LogP contribution is 2.31. The van der Waals surface area contributed by atoms with E-state index in [0.29, 0.717) is 23.2 Å². The van der Waals surface area contributed by atoms with E-state index in [-0.39, 0.29) is 0 Å². The molecule has 2 aromatic heterocycles. The van der Waals surface area contributed by atoms with Gasteiger partial charge in [0.1, 0.15) is 12.1 Å². The largest absolute Gasteiger partial charge is 0.439 e. The lowest BCUT2D eigenvalue weighted by atomic mass is 10.0. The Labute approximate surface area is 146 Å². The molecular formula is C19H20N4O2. The Morgan fingerprint density at radius 2 is 2.04 bits per heavy atom. The molecule has 6 heteroatoms. The number of aromatic nitrogens is 3. The van der Waals surface area contributed by atoms with Gasteiger partial charge in [-0.3, -0.25) is 4.57 Å². The van der Waals surface area contributed by atoms with Crippen LogP contribution in [0.25, 0.3) is 0 Å². The molecule has 0 bridgehead atoms. The first-order valence-corrected chi connectivity index (χ1v) is 8.03. The van der Waals surface area contributed by atoms with Crippen molar-refractivity contribution < 1.29 is 9.94 Å². The topological polar surface area (TPSA) is 72.5 Å². The van der Waals surface area contributed by atoms with Crippen molar-refractivity contribution in [2.24, 2.45) is 5.16 Å². The third kappa shape index (κ3) is 3.68. The van der Waals surface area contributed by atoms with Crippen LogP contribution in [0.3, 0.4) is 0 Å². The molecule has 0 fully saturated rings. The van der Waals surface area contributed by atoms with Gasteiger partial charge in [0, 0.05) is 30.2 Å². The molecule has 0 unspecified atom stereocenters. The standard InChI is InChI=1S/C19H20N4O2/c1-13(2)16-5-4-14(3)10-17(16)25-18-11-15(6-7-21-18)19(22-24)23-9-8-20-12-23/h4-13,24H,1-3H3/b22-19-. The summed E-state index contributed by atoms with van der Waals surface area (Å²) in [5.41, 5.74) is 2.90. The number of oxime groups is 1. The SMILES string of the molecule is Cc1ccc(C(C)C)c(Oc2cc(/C(=N/O)n3ccnc3)ccn2)c1. The van der Waals surface area contributed by atoms with E-state index < -0.39 is 0 Å². The number of pyridine rings is 1. The lowest BCUT2D eigenvalue weighted by molar-refractivity contribution is 0.317. The Morgan fingerprint density at radius 3 is 2.72 bits per heavy atom. The first kappa shape index (κ1) is 16.7. The highest BCUT2D eigenvalue weighted by Gasteiger charge is 2.12. The van der Waals surface area contributed by atoms with Crippen LogP contribution in [0.2, 0.25) is 0 Å². The van der Waals surface area contributed by atoms with Crippen molar-refractivity contribution in [2.75, 3.05) is 0 Å². The van der Waals surface area contributed by atoms with Crippen LogP contribution >= 0.6 is 0 Å². The van der Waals surface area contributed by atoms with Crippen molar-refractivity contribution in [3.63, 3.8) is 0 Å². The maximum atomic E-state index is 9.36. The normalized spacial score (nSPS) is 11.8. The van der Waals surface area contributed by atoms with Gasteiger partial charge in [0.05, 0.1) is 0 Å². The molecule has 0 atom stereocenters. The van der Waals surface area contributed by atoms with Crippen LogP contribution in [0.1, 0.15) is 36.5 Å². The van der Waals surface area contributed by atoms with Crippen molar-refractivity contribution in [3.05, 3.63) is 71.9 Å². The molecule has 3 rings (SSSR count). The number of nitrogens with zero attached hydrogens (tertiary/aromatic N) is 4. The monoisotopic (exact) mass is 336 g/mol. The maximum absolute atomic E-state index is 9.36. The van der Waals surface area contributed by atoms with Crippen molar-refractivity contribution >= 4 is 5.84 Å². The molecule has 0 saturated carbocycles. The first-order chi connectivity index (χ1) is 12.1. The quantitative estimate of drug-likeness (QED) is 0.336. The number of ether oxygens (including phenoxy) is 1. The molecule has 0 saturated heterocycles. The second-order valence-corrected chi connectivity index (χ2v) is 6.07. The second-order valence-electron chi connectivity index (χ2n) is 6.07. The van der Waals surface area contributed by atoms with Crippen LogP contribution in [0.15, 0.2) is 60.4 Å². The lowest BCUT2D eigenvalue weighted by Gasteiger charge is -2.14. The third-order valence-electron chi connectivity index (χ3n) is 3.84. The molecule has 1 N–H and O–H groups in total. The Balaban J connectivity index is 1.94. The summed E-state index contributed by atoms with van der Waals surface area (Å²) in [4.78, 5) is 8.25. The van der Waals surface area contributed by atoms with Gasteiger partial charge >= 0.3 is 0 Å². The minimum absolute atomic E-state index is 0.333. The van der Waals surface area contributed by atoms with Gasteiger partial charge in [0.2, 0.25) is 5.88 Å². The summed E-state index contributed by atoms with van der Waals surface area (Å²) in [5, 5.41) is 12.7. The van der Waals surface area contributed by atoms with E-state index in [1.54, 1.807) is 41.6 Å². The summed E-state index contributed by atoms with van der Waals surface area (Å²) in [5.74, 6) is 1.90. The van der Waals surface area contributed by atoms with Crippen molar-refractivity contribution in [3.8, 4) is 11.6 Å². The van der Waals surface area contributed by atoms with E-state index >= 15 is 0 Å². The molecule has 0 radical (unpaired) electrons. The van der Waals surface area contributed by atoms with Gasteiger partial charge in [-0.05, 0) is 36.1 Å². The summed E-state index contributed by atoms with van der Waals surface area (Å²) in [6.45, 7) is 6.27. The molecule has 1 aromatic carbocycles. The van der Waals surface area contributed by atoms with Gasteiger partial charge in [0.15, 0.2) is 5.84 Å². The lowest BCUT2D eigenvalue weighted by Crippen LogP contribution is -2.12. The first-order valence-electron chi connectivity index (χ1n) is 8.03. The van der Waals surface area contributed by atoms with Crippen LogP contribution in [-0.4, -0.2) is 25.6 Å². The second kappa shape index (κ2) is 7.17. The van der Waals surface area contributed by atoms with E-state index in [2.05, 4.69) is 41.1 Å². The zero-order chi connectivity index (χ0) is 17.8. The van der Waals surface area contributed by atoms with Crippen LogP contribution < -0.4 is 4.74 Å². The number of imidazole rings is 1. The molecule has 0 aliphatic carbocycles. The van der Waals surface area contributed by atoms with Crippen LogP contribution in [0, 0.1) is 6.92 Å². The minimum Gasteiger partial charge on any atom is -0.439 e. The summed E-state index contributed by atoms with van der Waals surface area (Å²) >= 11 is 0. The van der Waals surface area contributed by atoms with Gasteiger partial charge in [-0.15, -0.1) is 0 Å². The fourth-order valence-electron chi connectivity index (χ4n) is 2.57. The van der Waals surface area contributed by atoms with Gasteiger partial charge in [-0.25, -0.2) is 9.97 Å². The molecule has 3 aromatic rings. The molecule has 25 heavy (non-hydrogen) atoms. The third-order valence-corrected chi connectivity index (χ3v) is 3.84. The minimum atomic E-state index is 0.333. The van der Waals surface area contributed by atoms with E-state index in [1.807, 2.05) is 13.0 Å². The molecule has 2 heterocycles. The molecular weight excluding hydrogens is 316 g/mol. The van der Waals surface area contributed by atoms with Gasteiger partial charge in [-0.1, -0.05) is 31.1 Å². The zero-order valence-electron chi connectivity index (χ0n) is 14.4. The summed E-state index contributed by atoms with van der Waals surface area (Å²) in [6.07, 6.45) is 6.50. The molecule has 6 nitrogen and oxygen atoms in total. The molecule has 128 valence electrons. The van der Waals surface area contributed by atoms with E-state index in [9.17, 15) is 5.21 Å². The van der Waals surface area contributed by atoms with E-state index in [4.69, 9.17) is 4.74 Å². The number of hydrogen-bond donors (Lipinski definition) is 1. The van der Waals surface area contributed by atoms with Gasteiger partial charge in [-0.2, -0.15) is 0 Å². The smallest absolute Gasteiger partial charge is 0.219 e. The average Bonchev–Trinajstić information content (AvgIpc) is 3.10. The Kier molecular flexibility index (Phi) is 4.79. The van der Waals surface area contributed by atoms with Crippen molar-refractivity contribution in [2.45, 2.75) is 26.7 Å². The highest BCUT2D eigenvalue weighted by atomic mass is 16.5. The molecule has 0 aliphatic rings. The van der Waals surface area contributed by atoms with Crippen LogP contribution in [-0.2, 0) is 0 Å². The Hall–Kier alpha value is -3.15. The highest BCUT2D eigenvalue weighted by molar-refractivity contribution is 6.00. The van der Waals surface area contributed by atoms with Gasteiger partial charge in [0.25, 0.3) is 0 Å². The predicted molar refractivity (Wildman–Crippen MR) is 95.5 cm³/mol. The molecule has 0 aliphatic heterocycles. The Bertz CT molecular complexity index is 886. The van der Waals surface area contributed by atoms with Crippen LogP contribution in [0.4, 0.5) is 0 Å². The molecule has 0 amide bonds. The molecule has 0 spiro atoms.